The molecule has 1 atom stereocenters. The summed E-state index contributed by atoms with van der Waals surface area (Å²) in [5.74, 6) is 5.57. The lowest BCUT2D eigenvalue weighted by Crippen LogP contribution is -2.35. The maximum atomic E-state index is 5.57. The lowest BCUT2D eigenvalue weighted by atomic mass is 9.99. The van der Waals surface area contributed by atoms with Crippen LogP contribution in [0.25, 0.3) is 0 Å². The largest absolute Gasteiger partial charge is 0.271 e. The Morgan fingerprint density at radius 2 is 2.00 bits per heavy atom. The van der Waals surface area contributed by atoms with Crippen LogP contribution in [0.15, 0.2) is 36.4 Å². The number of hydrogen-bond acceptors (Lipinski definition) is 2. The summed E-state index contributed by atoms with van der Waals surface area (Å²) in [6, 6.07) is 9.04. The smallest absolute Gasteiger partial charge is 0.0250 e. The summed E-state index contributed by atoms with van der Waals surface area (Å²) in [6.45, 7) is 8.28. The molecule has 0 spiro atoms. The van der Waals surface area contributed by atoms with Crippen LogP contribution in [0.2, 0.25) is 0 Å². The second-order valence-corrected chi connectivity index (χ2v) is 4.70. The Bertz CT molecular complexity index is 340. The Labute approximate surface area is 105 Å². The zero-order valence-electron chi connectivity index (χ0n) is 11.0. The fourth-order valence-electron chi connectivity index (χ4n) is 1.83. The Kier molecular flexibility index (Phi) is 5.95. The molecule has 2 nitrogen and oxygen atoms in total. The van der Waals surface area contributed by atoms with Crippen LogP contribution >= 0.6 is 0 Å². The second-order valence-electron chi connectivity index (χ2n) is 4.70. The third-order valence-corrected chi connectivity index (χ3v) is 3.17. The van der Waals surface area contributed by atoms with E-state index >= 15 is 0 Å². The molecule has 0 saturated carbocycles. The molecular weight excluding hydrogens is 208 g/mol. The van der Waals surface area contributed by atoms with Crippen molar-refractivity contribution in [1.82, 2.24) is 5.43 Å². The van der Waals surface area contributed by atoms with E-state index in [1.54, 1.807) is 0 Å². The number of benzene rings is 1. The van der Waals surface area contributed by atoms with Crippen molar-refractivity contribution >= 4 is 0 Å². The quantitative estimate of drug-likeness (QED) is 0.430. The molecule has 0 fully saturated rings. The lowest BCUT2D eigenvalue weighted by molar-refractivity contribution is 0.486. The molecule has 0 amide bonds. The predicted molar refractivity (Wildman–Crippen MR) is 74.7 cm³/mol. The van der Waals surface area contributed by atoms with Crippen molar-refractivity contribution in [3.8, 4) is 0 Å². The van der Waals surface area contributed by atoms with Crippen molar-refractivity contribution in [1.29, 1.82) is 0 Å². The van der Waals surface area contributed by atoms with Crippen LogP contribution in [0.4, 0.5) is 0 Å². The summed E-state index contributed by atoms with van der Waals surface area (Å²) in [5.41, 5.74) is 6.83. The van der Waals surface area contributed by atoms with Crippen molar-refractivity contribution in [3.63, 3.8) is 0 Å². The van der Waals surface area contributed by atoms with Gasteiger partial charge in [-0.3, -0.25) is 11.3 Å². The molecule has 0 aromatic heterocycles. The van der Waals surface area contributed by atoms with Crippen molar-refractivity contribution < 1.29 is 0 Å². The minimum absolute atomic E-state index is 0.337. The van der Waals surface area contributed by atoms with E-state index in [2.05, 4.69) is 50.1 Å². The maximum Gasteiger partial charge on any atom is 0.0250 e. The number of hydrogen-bond donors (Lipinski definition) is 2. The molecule has 17 heavy (non-hydrogen) atoms. The highest BCUT2D eigenvalue weighted by Gasteiger charge is 2.07. The topological polar surface area (TPSA) is 38.0 Å². The highest BCUT2D eigenvalue weighted by atomic mass is 15.2. The first-order valence-corrected chi connectivity index (χ1v) is 6.34. The average molecular weight is 232 g/mol. The van der Waals surface area contributed by atoms with Gasteiger partial charge < -0.3 is 0 Å². The third kappa shape index (κ3) is 5.16. The zero-order valence-corrected chi connectivity index (χ0v) is 11.0. The Hall–Kier alpha value is -1.12. The van der Waals surface area contributed by atoms with Crippen LogP contribution in [0, 0.1) is 6.92 Å². The minimum Gasteiger partial charge on any atom is -0.271 e. The van der Waals surface area contributed by atoms with Crippen molar-refractivity contribution in [2.24, 2.45) is 5.84 Å². The first-order valence-electron chi connectivity index (χ1n) is 6.34. The molecule has 0 bridgehead atoms. The monoisotopic (exact) mass is 232 g/mol. The van der Waals surface area contributed by atoms with Gasteiger partial charge in [0.15, 0.2) is 0 Å². The van der Waals surface area contributed by atoms with Crippen LogP contribution in [-0.2, 0) is 6.42 Å². The van der Waals surface area contributed by atoms with E-state index < -0.39 is 0 Å². The van der Waals surface area contributed by atoms with Crippen LogP contribution < -0.4 is 11.3 Å². The fourth-order valence-corrected chi connectivity index (χ4v) is 1.83. The van der Waals surface area contributed by atoms with Gasteiger partial charge in [0, 0.05) is 6.04 Å². The highest BCUT2D eigenvalue weighted by Crippen LogP contribution is 2.13. The predicted octanol–water partition coefficient (Wildman–Crippen LogP) is 3.12. The normalized spacial score (nSPS) is 12.4. The molecule has 94 valence electrons. The third-order valence-electron chi connectivity index (χ3n) is 3.17. The molecule has 3 N–H and O–H groups in total. The molecule has 1 unspecified atom stereocenters. The van der Waals surface area contributed by atoms with E-state index in [4.69, 9.17) is 5.84 Å². The van der Waals surface area contributed by atoms with Gasteiger partial charge in [0.05, 0.1) is 0 Å². The fraction of sp³-hybridized carbons (Fsp3) is 0.467. The number of rotatable bonds is 7. The summed E-state index contributed by atoms with van der Waals surface area (Å²) in [6.07, 6.45) is 4.12. The molecule has 0 aliphatic heterocycles. The SMILES string of the molecule is C=C(CC)CC(CCc1ccc(C)cc1)NN. The van der Waals surface area contributed by atoms with Gasteiger partial charge in [0.1, 0.15) is 0 Å². The summed E-state index contributed by atoms with van der Waals surface area (Å²) >= 11 is 0. The minimum atomic E-state index is 0.337. The van der Waals surface area contributed by atoms with Gasteiger partial charge >= 0.3 is 0 Å². The summed E-state index contributed by atoms with van der Waals surface area (Å²) in [7, 11) is 0. The number of nitrogens with two attached hydrogens (primary N) is 1. The first-order chi connectivity index (χ1) is 8.15. The standard InChI is InChI=1S/C15H24N2/c1-4-12(2)11-15(17-16)10-9-14-7-5-13(3)6-8-14/h5-8,15,17H,2,4,9-11,16H2,1,3H3. The van der Waals surface area contributed by atoms with Gasteiger partial charge in [-0.15, -0.1) is 0 Å². The van der Waals surface area contributed by atoms with E-state index in [0.29, 0.717) is 6.04 Å². The van der Waals surface area contributed by atoms with Gasteiger partial charge in [-0.25, -0.2) is 0 Å². The first kappa shape index (κ1) is 13.9. The average Bonchev–Trinajstić information content (AvgIpc) is 2.36. The summed E-state index contributed by atoms with van der Waals surface area (Å²) < 4.78 is 0. The van der Waals surface area contributed by atoms with E-state index in [1.807, 2.05) is 0 Å². The molecule has 0 heterocycles. The molecule has 1 aromatic rings. The van der Waals surface area contributed by atoms with Crippen LogP contribution in [0.3, 0.4) is 0 Å². The van der Waals surface area contributed by atoms with Gasteiger partial charge in [-0.2, -0.15) is 0 Å². The van der Waals surface area contributed by atoms with Crippen molar-refractivity contribution in [2.45, 2.75) is 45.6 Å². The Morgan fingerprint density at radius 3 is 2.53 bits per heavy atom. The van der Waals surface area contributed by atoms with E-state index in [1.165, 1.54) is 16.7 Å². The number of aryl methyl sites for hydroxylation is 2. The van der Waals surface area contributed by atoms with Crippen molar-refractivity contribution in [3.05, 3.63) is 47.5 Å². The lowest BCUT2D eigenvalue weighted by Gasteiger charge is -2.16. The molecule has 0 aliphatic carbocycles. The molecule has 2 heteroatoms. The molecule has 1 aromatic carbocycles. The molecule has 1 rings (SSSR count). The summed E-state index contributed by atoms with van der Waals surface area (Å²) in [5, 5.41) is 0. The van der Waals surface area contributed by atoms with Gasteiger partial charge in [0.2, 0.25) is 0 Å². The van der Waals surface area contributed by atoms with Crippen LogP contribution in [0.1, 0.15) is 37.3 Å². The maximum absolute atomic E-state index is 5.57. The van der Waals surface area contributed by atoms with Crippen LogP contribution in [-0.4, -0.2) is 6.04 Å². The molecule has 0 radical (unpaired) electrons. The number of hydrazine groups is 1. The van der Waals surface area contributed by atoms with E-state index in [9.17, 15) is 0 Å². The van der Waals surface area contributed by atoms with Crippen LogP contribution in [0.5, 0.6) is 0 Å². The zero-order chi connectivity index (χ0) is 12.7. The summed E-state index contributed by atoms with van der Waals surface area (Å²) in [4.78, 5) is 0. The molecular formula is C15H24N2. The van der Waals surface area contributed by atoms with E-state index in [0.717, 1.165) is 25.7 Å². The Morgan fingerprint density at radius 1 is 1.35 bits per heavy atom. The molecule has 0 aliphatic rings. The molecule has 0 saturated heterocycles. The second kappa shape index (κ2) is 7.25. The highest BCUT2D eigenvalue weighted by molar-refractivity contribution is 5.21. The van der Waals surface area contributed by atoms with Gasteiger partial charge in [-0.05, 0) is 38.2 Å². The van der Waals surface area contributed by atoms with Crippen molar-refractivity contribution in [2.75, 3.05) is 0 Å². The van der Waals surface area contributed by atoms with Gasteiger partial charge in [-0.1, -0.05) is 48.9 Å². The van der Waals surface area contributed by atoms with E-state index in [-0.39, 0.29) is 0 Å². The Balaban J connectivity index is 2.42. The number of nitrogens with one attached hydrogen (secondary N) is 1. The van der Waals surface area contributed by atoms with Gasteiger partial charge in [0.25, 0.3) is 0 Å².